The summed E-state index contributed by atoms with van der Waals surface area (Å²) in [6.45, 7) is 5.20. The molecule has 2 unspecified atom stereocenters. The van der Waals surface area contributed by atoms with Crippen LogP contribution in [0.3, 0.4) is 0 Å². The van der Waals surface area contributed by atoms with E-state index in [9.17, 15) is 4.79 Å². The fourth-order valence-corrected chi connectivity index (χ4v) is 2.84. The molecule has 0 spiro atoms. The Hall–Kier alpha value is -1.35. The summed E-state index contributed by atoms with van der Waals surface area (Å²) in [7, 11) is 0. The standard InChI is InChI=1S/C17H26N2O/c1-3-5-13-19-16(4-2)18-15(17(19)20)12-11-14-9-7-6-8-10-14/h6-10,15-16,18H,3-5,11-13H2,1-2H3. The molecule has 1 aromatic rings. The van der Waals surface area contributed by atoms with Crippen molar-refractivity contribution in [3.8, 4) is 0 Å². The third-order valence-electron chi connectivity index (χ3n) is 4.05. The van der Waals surface area contributed by atoms with E-state index in [1.54, 1.807) is 0 Å². The van der Waals surface area contributed by atoms with Crippen LogP contribution in [0.1, 0.15) is 45.1 Å². The van der Waals surface area contributed by atoms with Crippen molar-refractivity contribution in [1.82, 2.24) is 10.2 Å². The molecule has 0 aromatic heterocycles. The average molecular weight is 274 g/mol. The predicted molar refractivity (Wildman–Crippen MR) is 82.4 cm³/mol. The molecule has 1 aromatic carbocycles. The first-order valence-corrected chi connectivity index (χ1v) is 7.86. The second-order valence-electron chi connectivity index (χ2n) is 5.55. The Morgan fingerprint density at radius 2 is 1.95 bits per heavy atom. The van der Waals surface area contributed by atoms with Crippen molar-refractivity contribution in [3.63, 3.8) is 0 Å². The molecule has 0 bridgehead atoms. The lowest BCUT2D eigenvalue weighted by atomic mass is 10.1. The molecule has 0 aliphatic carbocycles. The van der Waals surface area contributed by atoms with E-state index in [1.807, 2.05) is 11.0 Å². The highest BCUT2D eigenvalue weighted by molar-refractivity contribution is 5.84. The molecular formula is C17H26N2O. The molecule has 1 saturated heterocycles. The van der Waals surface area contributed by atoms with Crippen LogP contribution >= 0.6 is 0 Å². The molecule has 2 atom stereocenters. The number of benzene rings is 1. The molecule has 3 nitrogen and oxygen atoms in total. The summed E-state index contributed by atoms with van der Waals surface area (Å²) >= 11 is 0. The fourth-order valence-electron chi connectivity index (χ4n) is 2.84. The number of rotatable bonds is 7. The van der Waals surface area contributed by atoms with Crippen LogP contribution in [-0.4, -0.2) is 29.6 Å². The summed E-state index contributed by atoms with van der Waals surface area (Å²) in [6.07, 6.45) is 5.29. The lowest BCUT2D eigenvalue weighted by molar-refractivity contribution is -0.130. The third-order valence-corrected chi connectivity index (χ3v) is 4.05. The molecule has 1 aliphatic rings. The van der Waals surface area contributed by atoms with E-state index in [0.717, 1.165) is 38.6 Å². The maximum absolute atomic E-state index is 12.5. The van der Waals surface area contributed by atoms with Gasteiger partial charge in [0.2, 0.25) is 5.91 Å². The first kappa shape index (κ1) is 15.0. The summed E-state index contributed by atoms with van der Waals surface area (Å²) in [5.74, 6) is 0.293. The number of nitrogens with zero attached hydrogens (tertiary/aromatic N) is 1. The third kappa shape index (κ3) is 3.60. The highest BCUT2D eigenvalue weighted by atomic mass is 16.2. The molecule has 1 heterocycles. The van der Waals surface area contributed by atoms with E-state index in [4.69, 9.17) is 0 Å². The topological polar surface area (TPSA) is 32.3 Å². The van der Waals surface area contributed by atoms with Gasteiger partial charge in [0.25, 0.3) is 0 Å². The monoisotopic (exact) mass is 274 g/mol. The minimum absolute atomic E-state index is 0.00277. The normalized spacial score (nSPS) is 22.5. The molecule has 20 heavy (non-hydrogen) atoms. The van der Waals surface area contributed by atoms with Gasteiger partial charge in [0.15, 0.2) is 0 Å². The van der Waals surface area contributed by atoms with Crippen molar-refractivity contribution >= 4 is 5.91 Å². The quantitative estimate of drug-likeness (QED) is 0.829. The Labute approximate surface area is 122 Å². The molecule has 1 fully saturated rings. The van der Waals surface area contributed by atoms with Crippen LogP contribution in [0.5, 0.6) is 0 Å². The first-order valence-electron chi connectivity index (χ1n) is 7.86. The van der Waals surface area contributed by atoms with Crippen molar-refractivity contribution < 1.29 is 4.79 Å². The van der Waals surface area contributed by atoms with E-state index < -0.39 is 0 Å². The van der Waals surface area contributed by atoms with Gasteiger partial charge in [-0.25, -0.2) is 0 Å². The highest BCUT2D eigenvalue weighted by Gasteiger charge is 2.36. The van der Waals surface area contributed by atoms with Crippen LogP contribution in [0.4, 0.5) is 0 Å². The van der Waals surface area contributed by atoms with Gasteiger partial charge in [0.1, 0.15) is 0 Å². The van der Waals surface area contributed by atoms with Gasteiger partial charge in [0, 0.05) is 6.54 Å². The van der Waals surface area contributed by atoms with Crippen LogP contribution in [-0.2, 0) is 11.2 Å². The zero-order valence-corrected chi connectivity index (χ0v) is 12.6. The summed E-state index contributed by atoms with van der Waals surface area (Å²) in [4.78, 5) is 14.5. The molecule has 2 rings (SSSR count). The minimum Gasteiger partial charge on any atom is -0.326 e. The minimum atomic E-state index is -0.00277. The lowest BCUT2D eigenvalue weighted by Gasteiger charge is -2.22. The van der Waals surface area contributed by atoms with Gasteiger partial charge in [0.05, 0.1) is 12.2 Å². The molecule has 1 aliphatic heterocycles. The van der Waals surface area contributed by atoms with E-state index in [2.05, 4.69) is 43.4 Å². The maximum Gasteiger partial charge on any atom is 0.241 e. The second-order valence-corrected chi connectivity index (χ2v) is 5.55. The zero-order valence-electron chi connectivity index (χ0n) is 12.6. The van der Waals surface area contributed by atoms with E-state index in [1.165, 1.54) is 5.56 Å². The average Bonchev–Trinajstić information content (AvgIpc) is 2.80. The lowest BCUT2D eigenvalue weighted by Crippen LogP contribution is -2.37. The number of carbonyl (C=O) groups excluding carboxylic acids is 1. The van der Waals surface area contributed by atoms with Crippen LogP contribution < -0.4 is 5.32 Å². The summed E-state index contributed by atoms with van der Waals surface area (Å²) in [6, 6.07) is 10.4. The van der Waals surface area contributed by atoms with Crippen LogP contribution in [0.15, 0.2) is 30.3 Å². The highest BCUT2D eigenvalue weighted by Crippen LogP contribution is 2.18. The van der Waals surface area contributed by atoms with Gasteiger partial charge in [-0.3, -0.25) is 10.1 Å². The van der Waals surface area contributed by atoms with Crippen molar-refractivity contribution in [3.05, 3.63) is 35.9 Å². The molecule has 0 saturated carbocycles. The fraction of sp³-hybridized carbons (Fsp3) is 0.588. The predicted octanol–water partition coefficient (Wildman–Crippen LogP) is 2.96. The van der Waals surface area contributed by atoms with Crippen LogP contribution in [0, 0.1) is 0 Å². The molecular weight excluding hydrogens is 248 g/mol. The van der Waals surface area contributed by atoms with E-state index >= 15 is 0 Å². The van der Waals surface area contributed by atoms with Crippen molar-refractivity contribution in [2.24, 2.45) is 0 Å². The summed E-state index contributed by atoms with van der Waals surface area (Å²) in [5, 5.41) is 3.50. The van der Waals surface area contributed by atoms with Gasteiger partial charge in [-0.05, 0) is 31.2 Å². The summed E-state index contributed by atoms with van der Waals surface area (Å²) in [5.41, 5.74) is 1.31. The Morgan fingerprint density at radius 3 is 2.60 bits per heavy atom. The molecule has 1 N–H and O–H groups in total. The Morgan fingerprint density at radius 1 is 1.20 bits per heavy atom. The van der Waals surface area contributed by atoms with Gasteiger partial charge < -0.3 is 4.90 Å². The van der Waals surface area contributed by atoms with Crippen molar-refractivity contribution in [2.75, 3.05) is 6.54 Å². The zero-order chi connectivity index (χ0) is 14.4. The number of nitrogens with one attached hydrogen (secondary N) is 1. The molecule has 0 radical (unpaired) electrons. The SMILES string of the molecule is CCCCN1C(=O)C(CCc2ccccc2)NC1CC. The summed E-state index contributed by atoms with van der Waals surface area (Å²) < 4.78 is 0. The molecule has 110 valence electrons. The molecule has 1 amide bonds. The number of hydrogen-bond acceptors (Lipinski definition) is 2. The number of carbonyl (C=O) groups is 1. The van der Waals surface area contributed by atoms with Gasteiger partial charge >= 0.3 is 0 Å². The Bertz CT molecular complexity index is 418. The van der Waals surface area contributed by atoms with Crippen molar-refractivity contribution in [1.29, 1.82) is 0 Å². The van der Waals surface area contributed by atoms with E-state index in [0.29, 0.717) is 5.91 Å². The Balaban J connectivity index is 1.91. The van der Waals surface area contributed by atoms with Crippen LogP contribution in [0.25, 0.3) is 0 Å². The van der Waals surface area contributed by atoms with E-state index in [-0.39, 0.29) is 12.2 Å². The second kappa shape index (κ2) is 7.44. The van der Waals surface area contributed by atoms with Gasteiger partial charge in [-0.2, -0.15) is 0 Å². The smallest absolute Gasteiger partial charge is 0.241 e. The van der Waals surface area contributed by atoms with Crippen LogP contribution in [0.2, 0.25) is 0 Å². The molecule has 3 heteroatoms. The number of amides is 1. The van der Waals surface area contributed by atoms with Gasteiger partial charge in [-0.1, -0.05) is 50.6 Å². The number of hydrogen-bond donors (Lipinski definition) is 1. The maximum atomic E-state index is 12.5. The van der Waals surface area contributed by atoms with Gasteiger partial charge in [-0.15, -0.1) is 0 Å². The van der Waals surface area contributed by atoms with Crippen molar-refractivity contribution in [2.45, 2.75) is 58.2 Å². The first-order chi connectivity index (χ1) is 9.76. The Kier molecular flexibility index (Phi) is 5.60. The largest absolute Gasteiger partial charge is 0.326 e. The number of aryl methyl sites for hydroxylation is 1. The number of unbranched alkanes of at least 4 members (excludes halogenated alkanes) is 1.